The minimum absolute atomic E-state index is 0.144. The molecule has 0 radical (unpaired) electrons. The summed E-state index contributed by atoms with van der Waals surface area (Å²) in [5, 5.41) is 1.54. The topological polar surface area (TPSA) is 111 Å². The van der Waals surface area contributed by atoms with Gasteiger partial charge in [0.05, 0.1) is 20.3 Å². The lowest BCUT2D eigenvalue weighted by Crippen LogP contribution is -2.37. The lowest BCUT2D eigenvalue weighted by atomic mass is 10.0. The van der Waals surface area contributed by atoms with E-state index in [0.717, 1.165) is 29.2 Å². The molecule has 4 heterocycles. The molecule has 13 heteroatoms. The highest BCUT2D eigenvalue weighted by atomic mass is 32.2. The largest absolute Gasteiger partial charge is 0.588 e. The van der Waals surface area contributed by atoms with Gasteiger partial charge >= 0.3 is 0 Å². The molecule has 1 atom stereocenters. The molecule has 1 saturated heterocycles. The van der Waals surface area contributed by atoms with E-state index in [-0.39, 0.29) is 11.3 Å². The monoisotopic (exact) mass is 630 g/mol. The minimum atomic E-state index is -2.41. The molecule has 0 bridgehead atoms. The van der Waals surface area contributed by atoms with Crippen molar-refractivity contribution in [1.29, 1.82) is 0 Å². The number of aromatic nitrogens is 4. The van der Waals surface area contributed by atoms with Gasteiger partial charge in [-0.1, -0.05) is 18.2 Å². The Morgan fingerprint density at radius 1 is 0.978 bits per heavy atom. The van der Waals surface area contributed by atoms with Crippen molar-refractivity contribution < 1.29 is 27.2 Å². The van der Waals surface area contributed by atoms with E-state index < -0.39 is 33.7 Å². The number of nitrogens with one attached hydrogen (secondary N) is 2. The van der Waals surface area contributed by atoms with Gasteiger partial charge in [-0.15, -0.1) is 0 Å². The number of methoxy groups -OCH3 is 1. The predicted molar refractivity (Wildman–Crippen MR) is 166 cm³/mol. The van der Waals surface area contributed by atoms with E-state index in [1.165, 1.54) is 13.2 Å². The second-order valence-corrected chi connectivity index (χ2v) is 11.4. The molecular formula is C32H25F3N6O3S. The average molecular weight is 631 g/mol. The zero-order chi connectivity index (χ0) is 31.1. The quantitative estimate of drug-likeness (QED) is 0.200. The first-order chi connectivity index (χ1) is 21.9. The van der Waals surface area contributed by atoms with Gasteiger partial charge in [-0.2, -0.15) is 0 Å². The second kappa shape index (κ2) is 11.9. The van der Waals surface area contributed by atoms with E-state index in [2.05, 4.69) is 19.6 Å². The average Bonchev–Trinajstić information content (AvgIpc) is 3.53. The van der Waals surface area contributed by atoms with E-state index in [1.54, 1.807) is 30.5 Å². The van der Waals surface area contributed by atoms with Crippen LogP contribution in [0.1, 0.15) is 0 Å². The number of aromatic amines is 1. The van der Waals surface area contributed by atoms with Crippen molar-refractivity contribution in [2.45, 2.75) is 4.90 Å². The number of hydrogen-bond acceptors (Lipinski definition) is 8. The zero-order valence-corrected chi connectivity index (χ0v) is 24.6. The Morgan fingerprint density at radius 2 is 1.76 bits per heavy atom. The van der Waals surface area contributed by atoms with Crippen molar-refractivity contribution in [1.82, 2.24) is 19.9 Å². The maximum atomic E-state index is 16.0. The minimum Gasteiger partial charge on any atom is -0.588 e. The van der Waals surface area contributed by atoms with Crippen LogP contribution in [-0.4, -0.2) is 57.9 Å². The highest BCUT2D eigenvalue weighted by Gasteiger charge is 2.26. The molecule has 0 aliphatic carbocycles. The number of fused-ring (bicyclic) bond motifs is 2. The number of morpholine rings is 1. The van der Waals surface area contributed by atoms with Gasteiger partial charge in [-0.25, -0.2) is 32.8 Å². The van der Waals surface area contributed by atoms with Gasteiger partial charge in [-0.3, -0.25) is 0 Å². The van der Waals surface area contributed by atoms with Gasteiger partial charge < -0.3 is 23.9 Å². The molecule has 7 rings (SSSR count). The number of anilines is 2. The molecule has 0 amide bonds. The summed E-state index contributed by atoms with van der Waals surface area (Å²) in [4.78, 5) is 18.8. The molecule has 1 unspecified atom stereocenters. The van der Waals surface area contributed by atoms with Crippen LogP contribution in [-0.2, 0) is 16.1 Å². The van der Waals surface area contributed by atoms with Crippen LogP contribution >= 0.6 is 0 Å². The van der Waals surface area contributed by atoms with E-state index >= 15 is 4.39 Å². The summed E-state index contributed by atoms with van der Waals surface area (Å²) < 4.78 is 71.1. The van der Waals surface area contributed by atoms with Gasteiger partial charge in [-0.05, 0) is 48.0 Å². The van der Waals surface area contributed by atoms with Gasteiger partial charge in [0.1, 0.15) is 39.8 Å². The Bertz CT molecular complexity index is 2030. The first kappa shape index (κ1) is 28.9. The molecule has 0 saturated carbocycles. The van der Waals surface area contributed by atoms with E-state index in [9.17, 15) is 13.3 Å². The molecule has 3 aromatic heterocycles. The normalized spacial score (nSPS) is 14.2. The Hall–Kier alpha value is -4.85. The molecule has 6 aromatic rings. The van der Waals surface area contributed by atoms with Crippen LogP contribution in [0.3, 0.4) is 0 Å². The lowest BCUT2D eigenvalue weighted by Gasteiger charge is -2.29. The van der Waals surface area contributed by atoms with Crippen LogP contribution < -0.4 is 14.4 Å². The highest BCUT2D eigenvalue weighted by molar-refractivity contribution is 7.92. The zero-order valence-electron chi connectivity index (χ0n) is 23.8. The number of nitrogens with zero attached hydrogens (tertiary/aromatic N) is 4. The number of pyridine rings is 1. The SMILES string of the molecule is COc1cc(-c2cccc(N[S+]([O-])c3c(F)cccc3F)c2F)cc2c(N3CCOCC3)nc(-c3cnc4[nH]ccc4c3)nc12. The predicted octanol–water partition coefficient (Wildman–Crippen LogP) is 6.24. The smallest absolute Gasteiger partial charge is 0.250 e. The molecule has 228 valence electrons. The number of H-pyrrole nitrogens is 1. The Labute approximate surface area is 258 Å². The third-order valence-corrected chi connectivity index (χ3v) is 8.72. The summed E-state index contributed by atoms with van der Waals surface area (Å²) in [6.07, 6.45) is 3.51. The number of ether oxygens (including phenoxy) is 2. The first-order valence-electron chi connectivity index (χ1n) is 14.0. The number of halogens is 3. The Morgan fingerprint density at radius 3 is 2.53 bits per heavy atom. The van der Waals surface area contributed by atoms with Crippen LogP contribution in [0.2, 0.25) is 0 Å². The number of rotatable bonds is 7. The van der Waals surface area contributed by atoms with Crippen molar-refractivity contribution in [3.05, 3.63) is 90.5 Å². The highest BCUT2D eigenvalue weighted by Crippen LogP contribution is 2.39. The maximum Gasteiger partial charge on any atom is 0.250 e. The Kier molecular flexibility index (Phi) is 7.65. The molecule has 0 spiro atoms. The fraction of sp³-hybridized carbons (Fsp3) is 0.156. The summed E-state index contributed by atoms with van der Waals surface area (Å²) in [6.45, 7) is 2.19. The molecular weight excluding hydrogens is 605 g/mol. The maximum absolute atomic E-state index is 16.0. The molecule has 9 nitrogen and oxygen atoms in total. The van der Waals surface area contributed by atoms with Gasteiger partial charge in [0.25, 0.3) is 4.90 Å². The molecule has 1 aliphatic heterocycles. The first-order valence-corrected chi connectivity index (χ1v) is 15.1. The summed E-state index contributed by atoms with van der Waals surface area (Å²) >= 11 is -2.41. The van der Waals surface area contributed by atoms with Gasteiger partial charge in [0, 0.05) is 47.4 Å². The molecule has 1 aliphatic rings. The summed E-state index contributed by atoms with van der Waals surface area (Å²) in [5.74, 6) is -1.32. The van der Waals surface area contributed by atoms with E-state index in [4.69, 9.17) is 19.4 Å². The summed E-state index contributed by atoms with van der Waals surface area (Å²) in [7, 11) is 1.50. The molecule has 45 heavy (non-hydrogen) atoms. The molecule has 3 aromatic carbocycles. The third kappa shape index (κ3) is 5.39. The molecule has 1 fully saturated rings. The summed E-state index contributed by atoms with van der Waals surface area (Å²) in [6, 6.07) is 14.9. The second-order valence-electron chi connectivity index (χ2n) is 10.3. The van der Waals surface area contributed by atoms with Crippen LogP contribution in [0.5, 0.6) is 5.75 Å². The number of hydrogen-bond donors (Lipinski definition) is 2. The van der Waals surface area contributed by atoms with Gasteiger partial charge in [0.2, 0.25) is 0 Å². The van der Waals surface area contributed by atoms with Gasteiger partial charge in [0.15, 0.2) is 23.3 Å². The fourth-order valence-electron chi connectivity index (χ4n) is 5.35. The van der Waals surface area contributed by atoms with Crippen molar-refractivity contribution >= 4 is 44.8 Å². The van der Waals surface area contributed by atoms with Crippen LogP contribution in [0.15, 0.2) is 78.0 Å². The number of benzene rings is 3. The van der Waals surface area contributed by atoms with Crippen LogP contribution in [0.4, 0.5) is 24.7 Å². The summed E-state index contributed by atoms with van der Waals surface area (Å²) in [5.41, 5.74) is 2.37. The van der Waals surface area contributed by atoms with E-state index in [0.29, 0.717) is 65.7 Å². The Balaban J connectivity index is 1.35. The van der Waals surface area contributed by atoms with E-state index in [1.807, 2.05) is 18.3 Å². The van der Waals surface area contributed by atoms with Crippen molar-refractivity contribution in [3.8, 4) is 28.3 Å². The van der Waals surface area contributed by atoms with Crippen molar-refractivity contribution in [2.24, 2.45) is 0 Å². The fourth-order valence-corrected chi connectivity index (χ4v) is 6.30. The lowest BCUT2D eigenvalue weighted by molar-refractivity contribution is 0.122. The van der Waals surface area contributed by atoms with Crippen LogP contribution in [0, 0.1) is 17.5 Å². The van der Waals surface area contributed by atoms with Crippen molar-refractivity contribution in [3.63, 3.8) is 0 Å². The standard InChI is InChI=1S/C32H25F3N6O3S/c1-43-26-16-19(21-4-2-7-25(27(21)35)40-45(42)29-23(33)5-3-6-24(29)34)15-22-28(26)38-31(39-32(22)41-10-12-44-13-11-41)20-14-18-8-9-36-30(18)37-17-20/h2-9,14-17,40H,10-13H2,1H3,(H,36,37). The molecule has 2 N–H and O–H groups in total. The van der Waals surface area contributed by atoms with Crippen molar-refractivity contribution in [2.75, 3.05) is 43.0 Å². The van der Waals surface area contributed by atoms with Crippen LogP contribution in [0.25, 0.3) is 44.5 Å². The third-order valence-electron chi connectivity index (χ3n) is 7.55.